The zero-order chi connectivity index (χ0) is 18.6. The predicted octanol–water partition coefficient (Wildman–Crippen LogP) is 2.01. The van der Waals surface area contributed by atoms with E-state index in [1.54, 1.807) is 29.5 Å². The zero-order valence-electron chi connectivity index (χ0n) is 15.3. The van der Waals surface area contributed by atoms with Crippen LogP contribution in [0.1, 0.15) is 12.8 Å². The van der Waals surface area contributed by atoms with Crippen LogP contribution < -0.4 is 5.32 Å². The van der Waals surface area contributed by atoms with Crippen molar-refractivity contribution in [2.45, 2.75) is 25.9 Å². The first kappa shape index (κ1) is 17.8. The molecule has 4 heterocycles. The minimum atomic E-state index is -0.0425. The molecule has 3 aromatic rings. The fourth-order valence-electron chi connectivity index (χ4n) is 3.53. The predicted molar refractivity (Wildman–Crippen MR) is 98.1 cm³/mol. The molecule has 0 aliphatic carbocycles. The van der Waals surface area contributed by atoms with Crippen LogP contribution in [-0.4, -0.2) is 61.2 Å². The molecule has 1 saturated heterocycles. The Balaban J connectivity index is 1.48. The summed E-state index contributed by atoms with van der Waals surface area (Å²) in [6, 6.07) is 0. The molecule has 0 bridgehead atoms. The maximum atomic E-state index is 11.8. The standard InChI is InChI=1S/C17H23FN8O/c1-24-4-2-3-13(10-24)11-26-16-14(8-21-26)7-19-17(23-16)22-15-9-20-25(12-15)5-6-27-18/h7-9,12-13H,2-6,10-11H2,1H3,(H,19,22,23). The quantitative estimate of drug-likeness (QED) is 0.677. The van der Waals surface area contributed by atoms with Crippen molar-refractivity contribution in [3.8, 4) is 0 Å². The molecule has 27 heavy (non-hydrogen) atoms. The van der Waals surface area contributed by atoms with Gasteiger partial charge in [0.1, 0.15) is 6.61 Å². The van der Waals surface area contributed by atoms with Crippen molar-refractivity contribution in [2.24, 2.45) is 5.92 Å². The number of nitrogens with zero attached hydrogens (tertiary/aromatic N) is 7. The fourth-order valence-corrected chi connectivity index (χ4v) is 3.53. The summed E-state index contributed by atoms with van der Waals surface area (Å²) in [4.78, 5) is 14.9. The molecule has 4 rings (SSSR count). The largest absolute Gasteiger partial charge is 0.321 e. The molecule has 1 aliphatic heterocycles. The van der Waals surface area contributed by atoms with Gasteiger partial charge in [-0.2, -0.15) is 20.1 Å². The molecule has 0 spiro atoms. The van der Waals surface area contributed by atoms with Gasteiger partial charge in [0.25, 0.3) is 0 Å². The van der Waals surface area contributed by atoms with Gasteiger partial charge < -0.3 is 10.2 Å². The third-order valence-corrected chi connectivity index (χ3v) is 4.82. The molecule has 9 nitrogen and oxygen atoms in total. The number of aromatic nitrogens is 6. The van der Waals surface area contributed by atoms with E-state index in [4.69, 9.17) is 0 Å². The van der Waals surface area contributed by atoms with E-state index in [9.17, 15) is 4.53 Å². The van der Waals surface area contributed by atoms with E-state index in [-0.39, 0.29) is 6.61 Å². The van der Waals surface area contributed by atoms with Gasteiger partial charge in [-0.1, -0.05) is 0 Å². The van der Waals surface area contributed by atoms with Crippen LogP contribution >= 0.6 is 0 Å². The lowest BCUT2D eigenvalue weighted by Gasteiger charge is -2.29. The van der Waals surface area contributed by atoms with Gasteiger partial charge in [0, 0.05) is 25.5 Å². The summed E-state index contributed by atoms with van der Waals surface area (Å²) in [6.07, 6.45) is 9.40. The van der Waals surface area contributed by atoms with E-state index in [1.807, 2.05) is 4.68 Å². The molecular formula is C17H23FN8O. The number of rotatable bonds is 7. The average Bonchev–Trinajstić information content (AvgIpc) is 3.27. The molecule has 0 amide bonds. The lowest BCUT2D eigenvalue weighted by Crippen LogP contribution is -2.34. The smallest absolute Gasteiger partial charge is 0.229 e. The van der Waals surface area contributed by atoms with E-state index in [0.29, 0.717) is 18.4 Å². The van der Waals surface area contributed by atoms with Crippen LogP contribution in [0.4, 0.5) is 16.2 Å². The Morgan fingerprint density at radius 3 is 3.07 bits per heavy atom. The average molecular weight is 374 g/mol. The molecule has 0 radical (unpaired) electrons. The van der Waals surface area contributed by atoms with E-state index >= 15 is 0 Å². The van der Waals surface area contributed by atoms with Crippen molar-refractivity contribution in [3.05, 3.63) is 24.8 Å². The first-order chi connectivity index (χ1) is 13.2. The van der Waals surface area contributed by atoms with Crippen LogP contribution in [0.15, 0.2) is 24.8 Å². The Labute approximate surface area is 156 Å². The number of anilines is 2. The minimum Gasteiger partial charge on any atom is -0.321 e. The first-order valence-corrected chi connectivity index (χ1v) is 9.11. The number of likely N-dealkylation sites (tertiary alicyclic amines) is 1. The van der Waals surface area contributed by atoms with Crippen LogP contribution in [0.5, 0.6) is 0 Å². The second-order valence-corrected chi connectivity index (χ2v) is 7.00. The van der Waals surface area contributed by atoms with Crippen molar-refractivity contribution < 1.29 is 9.47 Å². The zero-order valence-corrected chi connectivity index (χ0v) is 15.3. The Kier molecular flexibility index (Phi) is 5.26. The minimum absolute atomic E-state index is 0.0425. The summed E-state index contributed by atoms with van der Waals surface area (Å²) in [5.74, 6) is 1.06. The Morgan fingerprint density at radius 1 is 1.30 bits per heavy atom. The normalized spacial score (nSPS) is 18.2. The molecule has 1 fully saturated rings. The lowest BCUT2D eigenvalue weighted by molar-refractivity contribution is -0.135. The molecule has 144 valence electrons. The second-order valence-electron chi connectivity index (χ2n) is 7.00. The molecule has 1 atom stereocenters. The summed E-state index contributed by atoms with van der Waals surface area (Å²) in [5.41, 5.74) is 1.55. The summed E-state index contributed by atoms with van der Waals surface area (Å²) >= 11 is 0. The number of halogens is 1. The topological polar surface area (TPSA) is 85.9 Å². The van der Waals surface area contributed by atoms with Crippen LogP contribution in [0, 0.1) is 5.92 Å². The van der Waals surface area contributed by atoms with Crippen LogP contribution in [0.25, 0.3) is 11.0 Å². The summed E-state index contributed by atoms with van der Waals surface area (Å²) in [5, 5.41) is 12.7. The highest BCUT2D eigenvalue weighted by atomic mass is 19.3. The highest BCUT2D eigenvalue weighted by Gasteiger charge is 2.19. The first-order valence-electron chi connectivity index (χ1n) is 9.11. The fraction of sp³-hybridized carbons (Fsp3) is 0.529. The summed E-state index contributed by atoms with van der Waals surface area (Å²) in [6.45, 7) is 3.39. The van der Waals surface area contributed by atoms with Gasteiger partial charge in [0.15, 0.2) is 5.65 Å². The van der Waals surface area contributed by atoms with Gasteiger partial charge in [-0.25, -0.2) is 9.67 Å². The van der Waals surface area contributed by atoms with Crippen molar-refractivity contribution in [1.82, 2.24) is 34.4 Å². The van der Waals surface area contributed by atoms with E-state index in [1.165, 1.54) is 12.8 Å². The molecule has 10 heteroatoms. The Hall–Kier alpha value is -2.59. The molecular weight excluding hydrogens is 351 g/mol. The maximum absolute atomic E-state index is 11.8. The number of piperidine rings is 1. The SMILES string of the molecule is CN1CCCC(Cn2ncc3cnc(Nc4cnn(CCOF)c4)nc32)C1. The lowest BCUT2D eigenvalue weighted by atomic mass is 9.99. The highest BCUT2D eigenvalue weighted by molar-refractivity contribution is 5.75. The summed E-state index contributed by atoms with van der Waals surface area (Å²) in [7, 11) is 2.16. The van der Waals surface area contributed by atoms with Crippen LogP contribution in [-0.2, 0) is 18.0 Å². The molecule has 1 aliphatic rings. The highest BCUT2D eigenvalue weighted by Crippen LogP contribution is 2.20. The maximum Gasteiger partial charge on any atom is 0.229 e. The number of nitrogens with one attached hydrogen (secondary N) is 1. The van der Waals surface area contributed by atoms with Gasteiger partial charge in [-0.05, 0) is 36.9 Å². The van der Waals surface area contributed by atoms with Crippen molar-refractivity contribution in [3.63, 3.8) is 0 Å². The molecule has 0 saturated carbocycles. The van der Waals surface area contributed by atoms with Crippen molar-refractivity contribution in [1.29, 1.82) is 0 Å². The molecule has 1 unspecified atom stereocenters. The van der Waals surface area contributed by atoms with E-state index in [2.05, 4.69) is 42.4 Å². The Morgan fingerprint density at radius 2 is 2.22 bits per heavy atom. The third kappa shape index (κ3) is 4.22. The van der Waals surface area contributed by atoms with Crippen LogP contribution in [0.3, 0.4) is 0 Å². The number of hydrogen-bond acceptors (Lipinski definition) is 7. The van der Waals surface area contributed by atoms with Crippen molar-refractivity contribution in [2.75, 3.05) is 32.1 Å². The Bertz CT molecular complexity index is 894. The van der Waals surface area contributed by atoms with Crippen LogP contribution in [0.2, 0.25) is 0 Å². The van der Waals surface area contributed by atoms with Crippen molar-refractivity contribution >= 4 is 22.7 Å². The number of hydrogen-bond donors (Lipinski definition) is 1. The van der Waals surface area contributed by atoms with Gasteiger partial charge >= 0.3 is 0 Å². The second kappa shape index (κ2) is 7.97. The monoisotopic (exact) mass is 374 g/mol. The molecule has 0 aromatic carbocycles. The van der Waals surface area contributed by atoms with Gasteiger partial charge in [0.05, 0.1) is 30.0 Å². The van der Waals surface area contributed by atoms with Gasteiger partial charge in [-0.15, -0.1) is 0 Å². The molecule has 1 N–H and O–H groups in total. The summed E-state index contributed by atoms with van der Waals surface area (Å²) < 4.78 is 15.3. The van der Waals surface area contributed by atoms with E-state index in [0.717, 1.165) is 36.4 Å². The van der Waals surface area contributed by atoms with E-state index < -0.39 is 0 Å². The number of fused-ring (bicyclic) bond motifs is 1. The van der Waals surface area contributed by atoms with Gasteiger partial charge in [-0.3, -0.25) is 4.68 Å². The molecule has 3 aromatic heterocycles. The van der Waals surface area contributed by atoms with Gasteiger partial charge in [0.2, 0.25) is 5.95 Å². The third-order valence-electron chi connectivity index (χ3n) is 4.82.